The van der Waals surface area contributed by atoms with Crippen molar-refractivity contribution >= 4 is 0 Å². The molecule has 0 aliphatic rings. The van der Waals surface area contributed by atoms with Crippen LogP contribution in [0.15, 0.2) is 47.2 Å². The second-order valence-electron chi connectivity index (χ2n) is 4.54. The summed E-state index contributed by atoms with van der Waals surface area (Å²) in [6.45, 7) is 4.10. The molecule has 0 spiro atoms. The number of hydrogen-bond donors (Lipinski definition) is 0. The van der Waals surface area contributed by atoms with Gasteiger partial charge in [0.05, 0.1) is 0 Å². The minimum Gasteiger partial charge on any atom is -0.334 e. The summed E-state index contributed by atoms with van der Waals surface area (Å²) in [5.74, 6) is 1.09. The highest BCUT2D eigenvalue weighted by molar-refractivity contribution is 5.60. The number of aromatic nitrogens is 3. The van der Waals surface area contributed by atoms with Crippen molar-refractivity contribution in [3.05, 3.63) is 53.9 Å². The summed E-state index contributed by atoms with van der Waals surface area (Å²) in [5.41, 5.74) is 4.15. The summed E-state index contributed by atoms with van der Waals surface area (Å²) >= 11 is 0. The van der Waals surface area contributed by atoms with E-state index in [2.05, 4.69) is 35.0 Å². The molecule has 94 valence electrons. The topological polar surface area (TPSA) is 51.8 Å². The first kappa shape index (κ1) is 11.6. The minimum absolute atomic E-state index is 0.533. The van der Waals surface area contributed by atoms with Gasteiger partial charge >= 0.3 is 0 Å². The van der Waals surface area contributed by atoms with E-state index < -0.39 is 0 Å². The van der Waals surface area contributed by atoms with E-state index in [0.29, 0.717) is 11.7 Å². The molecule has 1 aromatic carbocycles. The summed E-state index contributed by atoms with van der Waals surface area (Å²) in [7, 11) is 0. The summed E-state index contributed by atoms with van der Waals surface area (Å²) in [5, 5.41) is 4.00. The normalized spacial score (nSPS) is 10.6. The molecule has 0 aliphatic heterocycles. The standard InChI is InChI=1S/C15H13N3O/c1-10-6-11(2)8-13(7-10)15-17-14(18-19-15)12-4-3-5-16-9-12/h3-9H,1-2H3. The largest absolute Gasteiger partial charge is 0.334 e. The molecule has 3 rings (SSSR count). The van der Waals surface area contributed by atoms with Gasteiger partial charge in [-0.25, -0.2) is 0 Å². The Hall–Kier alpha value is -2.49. The van der Waals surface area contributed by atoms with Crippen molar-refractivity contribution < 1.29 is 4.52 Å². The van der Waals surface area contributed by atoms with Gasteiger partial charge in [-0.15, -0.1) is 0 Å². The fourth-order valence-electron chi connectivity index (χ4n) is 2.05. The molecule has 4 heteroatoms. The van der Waals surface area contributed by atoms with E-state index >= 15 is 0 Å². The van der Waals surface area contributed by atoms with E-state index in [1.165, 1.54) is 11.1 Å². The zero-order valence-electron chi connectivity index (χ0n) is 10.8. The molecule has 0 N–H and O–H groups in total. The van der Waals surface area contributed by atoms with Gasteiger partial charge < -0.3 is 4.52 Å². The molecule has 19 heavy (non-hydrogen) atoms. The van der Waals surface area contributed by atoms with Crippen molar-refractivity contribution in [3.63, 3.8) is 0 Å². The third-order valence-corrected chi connectivity index (χ3v) is 2.81. The van der Waals surface area contributed by atoms with Gasteiger partial charge in [0.1, 0.15) is 0 Å². The van der Waals surface area contributed by atoms with Crippen LogP contribution < -0.4 is 0 Å². The minimum atomic E-state index is 0.533. The molecule has 0 amide bonds. The van der Waals surface area contributed by atoms with Crippen LogP contribution >= 0.6 is 0 Å². The second-order valence-corrected chi connectivity index (χ2v) is 4.54. The van der Waals surface area contributed by atoms with Crippen LogP contribution in [0, 0.1) is 13.8 Å². The number of hydrogen-bond acceptors (Lipinski definition) is 4. The van der Waals surface area contributed by atoms with Crippen LogP contribution in [0.3, 0.4) is 0 Å². The fourth-order valence-corrected chi connectivity index (χ4v) is 2.05. The summed E-state index contributed by atoms with van der Waals surface area (Å²) in [4.78, 5) is 8.46. The molecule has 0 radical (unpaired) electrons. The maximum Gasteiger partial charge on any atom is 0.258 e. The quantitative estimate of drug-likeness (QED) is 0.700. The Kier molecular flexibility index (Phi) is 2.83. The van der Waals surface area contributed by atoms with E-state index in [0.717, 1.165) is 11.1 Å². The fraction of sp³-hybridized carbons (Fsp3) is 0.133. The number of pyridine rings is 1. The molecule has 2 aromatic heterocycles. The van der Waals surface area contributed by atoms with Crippen LogP contribution in [0.5, 0.6) is 0 Å². The Bertz CT molecular complexity index is 684. The molecular weight excluding hydrogens is 238 g/mol. The lowest BCUT2D eigenvalue weighted by molar-refractivity contribution is 0.432. The highest BCUT2D eigenvalue weighted by Crippen LogP contribution is 2.23. The highest BCUT2D eigenvalue weighted by atomic mass is 16.5. The van der Waals surface area contributed by atoms with Crippen LogP contribution in [0.4, 0.5) is 0 Å². The molecular formula is C15H13N3O. The zero-order chi connectivity index (χ0) is 13.2. The van der Waals surface area contributed by atoms with Gasteiger partial charge in [0, 0.05) is 23.5 Å². The van der Waals surface area contributed by atoms with Crippen molar-refractivity contribution in [2.24, 2.45) is 0 Å². The Morgan fingerprint density at radius 1 is 1.00 bits per heavy atom. The zero-order valence-corrected chi connectivity index (χ0v) is 10.8. The predicted octanol–water partition coefficient (Wildman–Crippen LogP) is 3.42. The molecule has 3 aromatic rings. The van der Waals surface area contributed by atoms with E-state index in [-0.39, 0.29) is 0 Å². The third kappa shape index (κ3) is 2.38. The van der Waals surface area contributed by atoms with Gasteiger partial charge in [-0.3, -0.25) is 4.98 Å². The van der Waals surface area contributed by atoms with Crippen LogP contribution in [-0.4, -0.2) is 15.1 Å². The number of rotatable bonds is 2. The van der Waals surface area contributed by atoms with Crippen LogP contribution in [-0.2, 0) is 0 Å². The van der Waals surface area contributed by atoms with E-state index in [4.69, 9.17) is 4.52 Å². The van der Waals surface area contributed by atoms with Gasteiger partial charge in [-0.2, -0.15) is 4.98 Å². The van der Waals surface area contributed by atoms with Gasteiger partial charge in [0.15, 0.2) is 0 Å². The molecule has 0 aliphatic carbocycles. The van der Waals surface area contributed by atoms with Crippen LogP contribution in [0.2, 0.25) is 0 Å². The second kappa shape index (κ2) is 4.65. The van der Waals surface area contributed by atoms with Gasteiger partial charge in [-0.05, 0) is 38.1 Å². The highest BCUT2D eigenvalue weighted by Gasteiger charge is 2.11. The summed E-state index contributed by atoms with van der Waals surface area (Å²) in [6, 6.07) is 9.94. The molecule has 0 unspecified atom stereocenters. The molecule has 0 saturated carbocycles. The van der Waals surface area contributed by atoms with Crippen molar-refractivity contribution in [3.8, 4) is 22.8 Å². The average molecular weight is 251 g/mol. The Labute approximate surface area is 111 Å². The molecule has 0 bridgehead atoms. The van der Waals surface area contributed by atoms with Crippen molar-refractivity contribution in [1.82, 2.24) is 15.1 Å². The summed E-state index contributed by atoms with van der Waals surface area (Å²) in [6.07, 6.45) is 3.44. The van der Waals surface area contributed by atoms with Crippen molar-refractivity contribution in [2.75, 3.05) is 0 Å². The summed E-state index contributed by atoms with van der Waals surface area (Å²) < 4.78 is 5.33. The molecule has 2 heterocycles. The van der Waals surface area contributed by atoms with E-state index in [1.807, 2.05) is 24.3 Å². The van der Waals surface area contributed by atoms with Gasteiger partial charge in [-0.1, -0.05) is 22.3 Å². The first-order valence-electron chi connectivity index (χ1n) is 6.05. The number of aryl methyl sites for hydroxylation is 2. The lowest BCUT2D eigenvalue weighted by Gasteiger charge is -1.99. The lowest BCUT2D eigenvalue weighted by Crippen LogP contribution is -1.84. The van der Waals surface area contributed by atoms with Gasteiger partial charge in [0.2, 0.25) is 5.82 Å². The Balaban J connectivity index is 2.02. The molecule has 0 fully saturated rings. The van der Waals surface area contributed by atoms with E-state index in [1.54, 1.807) is 12.4 Å². The predicted molar refractivity (Wildman–Crippen MR) is 72.4 cm³/mol. The molecule has 0 atom stereocenters. The maximum atomic E-state index is 5.33. The third-order valence-electron chi connectivity index (χ3n) is 2.81. The van der Waals surface area contributed by atoms with Crippen LogP contribution in [0.25, 0.3) is 22.8 Å². The Morgan fingerprint density at radius 3 is 2.47 bits per heavy atom. The first-order valence-corrected chi connectivity index (χ1v) is 6.05. The smallest absolute Gasteiger partial charge is 0.258 e. The van der Waals surface area contributed by atoms with Crippen LogP contribution in [0.1, 0.15) is 11.1 Å². The first-order chi connectivity index (χ1) is 9.22. The molecule has 4 nitrogen and oxygen atoms in total. The average Bonchev–Trinajstić information content (AvgIpc) is 2.88. The van der Waals surface area contributed by atoms with Gasteiger partial charge in [0.25, 0.3) is 5.89 Å². The lowest BCUT2D eigenvalue weighted by atomic mass is 10.1. The number of benzene rings is 1. The SMILES string of the molecule is Cc1cc(C)cc(-c2nc(-c3cccnc3)no2)c1. The van der Waals surface area contributed by atoms with Crippen molar-refractivity contribution in [2.45, 2.75) is 13.8 Å². The Morgan fingerprint density at radius 2 is 1.79 bits per heavy atom. The number of nitrogens with zero attached hydrogens (tertiary/aromatic N) is 3. The van der Waals surface area contributed by atoms with E-state index in [9.17, 15) is 0 Å². The monoisotopic (exact) mass is 251 g/mol. The molecule has 0 saturated heterocycles. The maximum absolute atomic E-state index is 5.33. The van der Waals surface area contributed by atoms with Crippen molar-refractivity contribution in [1.29, 1.82) is 0 Å².